The number of hydrogen-bond acceptors (Lipinski definition) is 0. The predicted molar refractivity (Wildman–Crippen MR) is 148 cm³/mol. The summed E-state index contributed by atoms with van der Waals surface area (Å²) in [7, 11) is 0. The van der Waals surface area contributed by atoms with Gasteiger partial charge in [-0.3, -0.25) is 0 Å². The van der Waals surface area contributed by atoms with Crippen LogP contribution in [0.5, 0.6) is 0 Å². The fourth-order valence-corrected chi connectivity index (χ4v) is 5.95. The van der Waals surface area contributed by atoms with E-state index >= 15 is 0 Å². The third-order valence-corrected chi connectivity index (χ3v) is 7.71. The molecule has 2 aliphatic rings. The molecule has 0 aliphatic heterocycles. The van der Waals surface area contributed by atoms with Gasteiger partial charge in [0, 0.05) is 32.2 Å². The Bertz CT molecular complexity index is 1730. The zero-order valence-corrected chi connectivity index (χ0v) is 20.1. The molecule has 2 unspecified atom stereocenters. The van der Waals surface area contributed by atoms with Crippen LogP contribution in [0.25, 0.3) is 43.7 Å². The summed E-state index contributed by atoms with van der Waals surface area (Å²) in [5, 5.41) is 5.12. The number of allylic oxidation sites excluding steroid dienone is 8. The van der Waals surface area contributed by atoms with Crippen LogP contribution in [0.4, 0.5) is 0 Å². The number of nitrogens with zero attached hydrogens (tertiary/aromatic N) is 1. The van der Waals surface area contributed by atoms with Gasteiger partial charge in [-0.25, -0.2) is 0 Å². The van der Waals surface area contributed by atoms with Crippen LogP contribution in [0.3, 0.4) is 0 Å². The van der Waals surface area contributed by atoms with Gasteiger partial charge in [0.1, 0.15) is 0 Å². The molecule has 0 bridgehead atoms. The molecule has 0 saturated heterocycles. The van der Waals surface area contributed by atoms with Crippen LogP contribution in [0, 0.1) is 5.92 Å². The van der Waals surface area contributed by atoms with Crippen LogP contribution < -0.4 is 0 Å². The van der Waals surface area contributed by atoms with E-state index < -0.39 is 0 Å². The largest absolute Gasteiger partial charge is 0.332 e. The lowest BCUT2D eigenvalue weighted by atomic mass is 9.84. The monoisotopic (exact) mass is 499 g/mol. The summed E-state index contributed by atoms with van der Waals surface area (Å²) in [5.74, 6) is 0.345. The minimum atomic E-state index is 0.244. The van der Waals surface area contributed by atoms with Crippen LogP contribution in [0.15, 0.2) is 131 Å². The van der Waals surface area contributed by atoms with E-state index in [9.17, 15) is 0 Å². The van der Waals surface area contributed by atoms with Gasteiger partial charge in [-0.05, 0) is 63.9 Å². The average molecular weight is 500 g/mol. The third kappa shape index (κ3) is 3.06. The maximum atomic E-state index is 3.72. The number of fused-ring (bicyclic) bond motifs is 5. The molecule has 1 nitrogen and oxygen atoms in total. The van der Waals surface area contributed by atoms with E-state index in [4.69, 9.17) is 0 Å². The normalized spacial score (nSPS) is 19.1. The van der Waals surface area contributed by atoms with E-state index in [1.807, 2.05) is 0 Å². The van der Waals surface area contributed by atoms with Crippen molar-refractivity contribution < 1.29 is 0 Å². The van der Waals surface area contributed by atoms with Crippen LogP contribution in [0.1, 0.15) is 6.04 Å². The molecule has 162 valence electrons. The second kappa shape index (κ2) is 7.72. The molecule has 0 N–H and O–H groups in total. The lowest BCUT2D eigenvalue weighted by Crippen LogP contribution is -2.20. The molecule has 0 saturated carbocycles. The number of rotatable bonds is 2. The fraction of sp³-hybridized carbons (Fsp3) is 0.0625. The van der Waals surface area contributed by atoms with Gasteiger partial charge >= 0.3 is 0 Å². The fourth-order valence-electron chi connectivity index (χ4n) is 5.59. The quantitative estimate of drug-likeness (QED) is 0.228. The topological polar surface area (TPSA) is 4.93 Å². The maximum absolute atomic E-state index is 3.72. The van der Waals surface area contributed by atoms with Crippen LogP contribution in [-0.2, 0) is 0 Å². The Hall–Kier alpha value is -3.62. The van der Waals surface area contributed by atoms with E-state index in [0.717, 1.165) is 4.47 Å². The highest BCUT2D eigenvalue weighted by Crippen LogP contribution is 2.42. The van der Waals surface area contributed by atoms with Gasteiger partial charge in [0.05, 0.1) is 6.04 Å². The molecule has 0 radical (unpaired) electrons. The van der Waals surface area contributed by atoms with E-state index in [1.54, 1.807) is 0 Å². The van der Waals surface area contributed by atoms with Crippen molar-refractivity contribution in [1.82, 2.24) is 4.57 Å². The van der Waals surface area contributed by atoms with Gasteiger partial charge in [0.25, 0.3) is 0 Å². The van der Waals surface area contributed by atoms with Gasteiger partial charge < -0.3 is 4.57 Å². The lowest BCUT2D eigenvalue weighted by molar-refractivity contribution is 0.534. The van der Waals surface area contributed by atoms with E-state index in [1.165, 1.54) is 49.3 Å². The zero-order valence-electron chi connectivity index (χ0n) is 18.5. The van der Waals surface area contributed by atoms with Crippen molar-refractivity contribution in [2.24, 2.45) is 5.92 Å². The Balaban J connectivity index is 1.46. The molecule has 2 atom stereocenters. The molecule has 0 amide bonds. The van der Waals surface area contributed by atoms with Crippen molar-refractivity contribution >= 4 is 48.5 Å². The van der Waals surface area contributed by atoms with Crippen molar-refractivity contribution in [3.05, 3.63) is 131 Å². The van der Waals surface area contributed by atoms with E-state index in [0.29, 0.717) is 5.92 Å². The van der Waals surface area contributed by atoms with E-state index in [-0.39, 0.29) is 6.04 Å². The van der Waals surface area contributed by atoms with Crippen molar-refractivity contribution in [2.45, 2.75) is 6.04 Å². The first-order valence-electron chi connectivity index (χ1n) is 11.7. The Morgan fingerprint density at radius 3 is 2.32 bits per heavy atom. The predicted octanol–water partition coefficient (Wildman–Crippen LogP) is 9.16. The van der Waals surface area contributed by atoms with Crippen LogP contribution in [0.2, 0.25) is 0 Å². The van der Waals surface area contributed by atoms with Crippen molar-refractivity contribution in [3.63, 3.8) is 0 Å². The Kier molecular flexibility index (Phi) is 4.50. The first-order valence-corrected chi connectivity index (χ1v) is 12.5. The van der Waals surface area contributed by atoms with Crippen molar-refractivity contribution in [3.8, 4) is 11.1 Å². The smallest absolute Gasteiger partial charge is 0.0629 e. The molecule has 4 aromatic carbocycles. The Morgan fingerprint density at radius 2 is 1.41 bits per heavy atom. The summed E-state index contributed by atoms with van der Waals surface area (Å²) in [6.07, 6.45) is 15.7. The summed E-state index contributed by atoms with van der Waals surface area (Å²) >= 11 is 3.72. The summed E-state index contributed by atoms with van der Waals surface area (Å²) in [6, 6.07) is 29.2. The molecule has 1 aromatic heterocycles. The first kappa shape index (κ1) is 19.8. The number of hydrogen-bond donors (Lipinski definition) is 0. The summed E-state index contributed by atoms with van der Waals surface area (Å²) in [6.45, 7) is 0. The highest BCUT2D eigenvalue weighted by molar-refractivity contribution is 9.10. The minimum Gasteiger partial charge on any atom is -0.332 e. The summed E-state index contributed by atoms with van der Waals surface area (Å²) < 4.78 is 3.63. The van der Waals surface area contributed by atoms with Crippen molar-refractivity contribution in [2.75, 3.05) is 0 Å². The highest BCUT2D eigenvalue weighted by Gasteiger charge is 2.27. The molecule has 0 fully saturated rings. The van der Waals surface area contributed by atoms with Crippen LogP contribution in [-0.4, -0.2) is 4.57 Å². The zero-order chi connectivity index (χ0) is 22.6. The summed E-state index contributed by atoms with van der Waals surface area (Å²) in [5.41, 5.74) is 6.41. The van der Waals surface area contributed by atoms with Gasteiger partial charge in [-0.1, -0.05) is 101 Å². The molecule has 2 aliphatic carbocycles. The minimum absolute atomic E-state index is 0.244. The van der Waals surface area contributed by atoms with Gasteiger partial charge in [0.15, 0.2) is 0 Å². The third-order valence-electron chi connectivity index (χ3n) is 7.21. The molecule has 0 spiro atoms. The lowest BCUT2D eigenvalue weighted by Gasteiger charge is -2.30. The molecule has 5 aromatic rings. The van der Waals surface area contributed by atoms with Gasteiger partial charge in [-0.2, -0.15) is 0 Å². The van der Waals surface area contributed by atoms with Crippen LogP contribution >= 0.6 is 15.9 Å². The summed E-state index contributed by atoms with van der Waals surface area (Å²) in [4.78, 5) is 0. The second-order valence-electron chi connectivity index (χ2n) is 9.14. The number of benzene rings is 4. The van der Waals surface area contributed by atoms with E-state index in [2.05, 4.69) is 142 Å². The first-order chi connectivity index (χ1) is 16.8. The Labute approximate surface area is 207 Å². The molecule has 2 heteroatoms. The number of aromatic nitrogens is 1. The maximum Gasteiger partial charge on any atom is 0.0629 e. The Morgan fingerprint density at radius 1 is 0.647 bits per heavy atom. The molecular formula is C32H22BrN. The highest BCUT2D eigenvalue weighted by atomic mass is 79.9. The second-order valence-corrected chi connectivity index (χ2v) is 10.1. The average Bonchev–Trinajstić information content (AvgIpc) is 3.20. The SMILES string of the molecule is Brc1ccc2c(c1)c1cc(-c3ccc4ccccc4c3)ccc1n2C1C=CC=C2C=CC=CC21. The standard InChI is InChI=1S/C32H22BrN/c33-26-15-17-32-29(20-26)28-19-25(24-13-12-21-6-1-2-8-23(21)18-24)14-16-31(28)34(32)30-11-5-9-22-7-3-4-10-27(22)30/h1-20,27,30H. The molecule has 34 heavy (non-hydrogen) atoms. The number of halogens is 1. The van der Waals surface area contributed by atoms with Gasteiger partial charge in [-0.15, -0.1) is 0 Å². The van der Waals surface area contributed by atoms with Gasteiger partial charge in [0.2, 0.25) is 0 Å². The molecule has 1 heterocycles. The molecular weight excluding hydrogens is 478 g/mol. The molecule has 7 rings (SSSR count). The van der Waals surface area contributed by atoms with Crippen molar-refractivity contribution in [1.29, 1.82) is 0 Å².